The van der Waals surface area contributed by atoms with Crippen LogP contribution in [-0.2, 0) is 4.79 Å². The number of thioether (sulfide) groups is 1. The smallest absolute Gasteiger partial charge is 0.235 e. The van der Waals surface area contributed by atoms with Crippen LogP contribution in [0.2, 0.25) is 5.02 Å². The average Bonchev–Trinajstić information content (AvgIpc) is 2.33. The van der Waals surface area contributed by atoms with E-state index < -0.39 is 0 Å². The molecule has 0 aliphatic carbocycles. The second-order valence-corrected chi connectivity index (χ2v) is 5.58. The standard InChI is InChI=1S/C13H18ClNOS/c1-4-15(5-2)13(16)10(3)17-12-8-6-11(14)7-9-12/h6-10H,4-5H2,1-3H3/t10-/m1/s1. The molecule has 4 heteroatoms. The van der Waals surface area contributed by atoms with E-state index in [0.29, 0.717) is 0 Å². The summed E-state index contributed by atoms with van der Waals surface area (Å²) in [6.07, 6.45) is 0. The van der Waals surface area contributed by atoms with E-state index in [2.05, 4.69) is 0 Å². The molecule has 0 aliphatic heterocycles. The number of carbonyl (C=O) groups is 1. The highest BCUT2D eigenvalue weighted by Gasteiger charge is 2.18. The molecule has 2 nitrogen and oxygen atoms in total. The number of amides is 1. The Hall–Kier alpha value is -0.670. The maximum Gasteiger partial charge on any atom is 0.235 e. The lowest BCUT2D eigenvalue weighted by Crippen LogP contribution is -2.36. The highest BCUT2D eigenvalue weighted by atomic mass is 35.5. The molecule has 0 unspecified atom stereocenters. The Morgan fingerprint density at radius 3 is 2.29 bits per heavy atom. The number of hydrogen-bond acceptors (Lipinski definition) is 2. The summed E-state index contributed by atoms with van der Waals surface area (Å²) in [5.74, 6) is 0.190. The minimum atomic E-state index is -0.0592. The summed E-state index contributed by atoms with van der Waals surface area (Å²) in [5.41, 5.74) is 0. The molecule has 0 aromatic heterocycles. The van der Waals surface area contributed by atoms with Gasteiger partial charge in [0.05, 0.1) is 5.25 Å². The molecular formula is C13H18ClNOS. The number of carbonyl (C=O) groups excluding carboxylic acids is 1. The second kappa shape index (κ2) is 6.92. The van der Waals surface area contributed by atoms with E-state index in [0.717, 1.165) is 23.0 Å². The minimum absolute atomic E-state index is 0.0592. The van der Waals surface area contributed by atoms with Crippen LogP contribution in [0.25, 0.3) is 0 Å². The summed E-state index contributed by atoms with van der Waals surface area (Å²) < 4.78 is 0. The SMILES string of the molecule is CCN(CC)C(=O)[C@@H](C)Sc1ccc(Cl)cc1. The molecule has 1 aromatic carbocycles. The van der Waals surface area contributed by atoms with Crippen LogP contribution in [0.5, 0.6) is 0 Å². The van der Waals surface area contributed by atoms with Gasteiger partial charge in [-0.1, -0.05) is 11.6 Å². The van der Waals surface area contributed by atoms with Gasteiger partial charge in [-0.15, -0.1) is 11.8 Å². The lowest BCUT2D eigenvalue weighted by molar-refractivity contribution is -0.129. The second-order valence-electron chi connectivity index (χ2n) is 3.72. The Morgan fingerprint density at radius 1 is 1.29 bits per heavy atom. The molecule has 0 heterocycles. The Morgan fingerprint density at radius 2 is 1.82 bits per heavy atom. The minimum Gasteiger partial charge on any atom is -0.342 e. The molecule has 17 heavy (non-hydrogen) atoms. The Balaban J connectivity index is 2.62. The van der Waals surface area contributed by atoms with Crippen molar-refractivity contribution < 1.29 is 4.79 Å². The van der Waals surface area contributed by atoms with Crippen LogP contribution in [0, 0.1) is 0 Å². The van der Waals surface area contributed by atoms with Gasteiger partial charge in [0.25, 0.3) is 0 Å². The summed E-state index contributed by atoms with van der Waals surface area (Å²) in [5, 5.41) is 0.660. The lowest BCUT2D eigenvalue weighted by atomic mass is 10.3. The zero-order valence-corrected chi connectivity index (χ0v) is 12.0. The van der Waals surface area contributed by atoms with E-state index in [4.69, 9.17) is 11.6 Å². The molecule has 0 N–H and O–H groups in total. The van der Waals surface area contributed by atoms with Gasteiger partial charge in [0.1, 0.15) is 0 Å². The molecule has 0 bridgehead atoms. The van der Waals surface area contributed by atoms with E-state index in [1.807, 2.05) is 49.9 Å². The van der Waals surface area contributed by atoms with Crippen molar-refractivity contribution in [3.8, 4) is 0 Å². The molecule has 1 rings (SSSR count). The molecule has 0 radical (unpaired) electrons. The molecule has 94 valence electrons. The normalized spacial score (nSPS) is 12.2. The molecule has 1 aromatic rings. The van der Waals surface area contributed by atoms with E-state index in [-0.39, 0.29) is 11.2 Å². The Kier molecular flexibility index (Phi) is 5.86. The fourth-order valence-electron chi connectivity index (χ4n) is 1.56. The highest BCUT2D eigenvalue weighted by Crippen LogP contribution is 2.25. The average molecular weight is 272 g/mol. The largest absolute Gasteiger partial charge is 0.342 e. The van der Waals surface area contributed by atoms with Gasteiger partial charge >= 0.3 is 0 Å². The number of rotatable bonds is 5. The van der Waals surface area contributed by atoms with Gasteiger partial charge in [-0.3, -0.25) is 4.79 Å². The first-order chi connectivity index (χ1) is 8.08. The first kappa shape index (κ1) is 14.4. The molecule has 0 saturated heterocycles. The van der Waals surface area contributed by atoms with Crippen LogP contribution in [0.3, 0.4) is 0 Å². The first-order valence-electron chi connectivity index (χ1n) is 5.79. The number of nitrogens with zero attached hydrogens (tertiary/aromatic N) is 1. The summed E-state index contributed by atoms with van der Waals surface area (Å²) in [7, 11) is 0. The zero-order valence-electron chi connectivity index (χ0n) is 10.4. The fourth-order valence-corrected chi connectivity index (χ4v) is 2.64. The molecular weight excluding hydrogens is 254 g/mol. The molecule has 0 spiro atoms. The summed E-state index contributed by atoms with van der Waals surface area (Å²) in [6.45, 7) is 7.48. The van der Waals surface area contributed by atoms with Crippen LogP contribution in [0.1, 0.15) is 20.8 Å². The van der Waals surface area contributed by atoms with E-state index in [9.17, 15) is 4.79 Å². The van der Waals surface area contributed by atoms with Crippen molar-refractivity contribution in [1.82, 2.24) is 4.90 Å². The van der Waals surface area contributed by atoms with Gasteiger partial charge in [0.2, 0.25) is 5.91 Å². The first-order valence-corrected chi connectivity index (χ1v) is 7.05. The van der Waals surface area contributed by atoms with Crippen LogP contribution in [0.4, 0.5) is 0 Å². The van der Waals surface area contributed by atoms with E-state index in [1.54, 1.807) is 11.8 Å². The van der Waals surface area contributed by atoms with Gasteiger partial charge < -0.3 is 4.90 Å². The quantitative estimate of drug-likeness (QED) is 0.762. The fraction of sp³-hybridized carbons (Fsp3) is 0.462. The lowest BCUT2D eigenvalue weighted by Gasteiger charge is -2.22. The van der Waals surface area contributed by atoms with Crippen molar-refractivity contribution in [2.75, 3.05) is 13.1 Å². The Bertz CT molecular complexity index is 362. The molecule has 0 saturated carbocycles. The van der Waals surface area contributed by atoms with Gasteiger partial charge in [-0.05, 0) is 45.0 Å². The van der Waals surface area contributed by atoms with Crippen LogP contribution in [0.15, 0.2) is 29.2 Å². The van der Waals surface area contributed by atoms with Crippen molar-refractivity contribution in [2.45, 2.75) is 30.9 Å². The van der Waals surface area contributed by atoms with Gasteiger partial charge in [0.15, 0.2) is 0 Å². The summed E-state index contributed by atoms with van der Waals surface area (Å²) in [4.78, 5) is 15.0. The van der Waals surface area contributed by atoms with Crippen molar-refractivity contribution in [1.29, 1.82) is 0 Å². The van der Waals surface area contributed by atoms with E-state index in [1.165, 1.54) is 0 Å². The third-order valence-electron chi connectivity index (χ3n) is 2.55. The van der Waals surface area contributed by atoms with Crippen molar-refractivity contribution in [2.24, 2.45) is 0 Å². The van der Waals surface area contributed by atoms with Gasteiger partial charge in [-0.25, -0.2) is 0 Å². The highest BCUT2D eigenvalue weighted by molar-refractivity contribution is 8.00. The molecule has 1 atom stereocenters. The molecule has 0 fully saturated rings. The topological polar surface area (TPSA) is 20.3 Å². The zero-order chi connectivity index (χ0) is 12.8. The number of halogens is 1. The number of hydrogen-bond donors (Lipinski definition) is 0. The maximum absolute atomic E-state index is 12.1. The summed E-state index contributed by atoms with van der Waals surface area (Å²) in [6, 6.07) is 7.58. The maximum atomic E-state index is 12.1. The Labute approximate surface area is 112 Å². The van der Waals surface area contributed by atoms with Crippen molar-refractivity contribution >= 4 is 29.3 Å². The molecule has 0 aliphatic rings. The predicted octanol–water partition coefficient (Wildman–Crippen LogP) is 3.69. The van der Waals surface area contributed by atoms with Crippen LogP contribution in [-0.4, -0.2) is 29.1 Å². The molecule has 1 amide bonds. The van der Waals surface area contributed by atoms with Crippen LogP contribution < -0.4 is 0 Å². The number of benzene rings is 1. The van der Waals surface area contributed by atoms with Crippen LogP contribution >= 0.6 is 23.4 Å². The van der Waals surface area contributed by atoms with Crippen molar-refractivity contribution in [3.63, 3.8) is 0 Å². The summed E-state index contributed by atoms with van der Waals surface area (Å²) >= 11 is 7.39. The third-order valence-corrected chi connectivity index (χ3v) is 3.90. The predicted molar refractivity (Wildman–Crippen MR) is 74.7 cm³/mol. The third kappa shape index (κ3) is 4.25. The van der Waals surface area contributed by atoms with E-state index >= 15 is 0 Å². The van der Waals surface area contributed by atoms with Gasteiger partial charge in [-0.2, -0.15) is 0 Å². The monoisotopic (exact) mass is 271 g/mol. The van der Waals surface area contributed by atoms with Gasteiger partial charge in [0, 0.05) is 23.0 Å². The van der Waals surface area contributed by atoms with Crippen molar-refractivity contribution in [3.05, 3.63) is 29.3 Å².